The van der Waals surface area contributed by atoms with Crippen molar-refractivity contribution in [2.24, 2.45) is 5.92 Å². The van der Waals surface area contributed by atoms with Crippen molar-refractivity contribution in [3.63, 3.8) is 0 Å². The Bertz CT molecular complexity index is 1650. The number of imidazole rings is 1. The van der Waals surface area contributed by atoms with E-state index in [0.717, 1.165) is 12.8 Å². The second-order valence-corrected chi connectivity index (χ2v) is 10.9. The Morgan fingerprint density at radius 1 is 1.21 bits per heavy atom. The predicted molar refractivity (Wildman–Crippen MR) is 160 cm³/mol. The van der Waals surface area contributed by atoms with Gasteiger partial charge in [-0.25, -0.2) is 4.98 Å². The Hall–Kier alpha value is -4.84. The number of benzene rings is 2. The number of esters is 1. The number of fused-ring (bicyclic) bond motifs is 4. The molecule has 1 aliphatic rings. The number of halogens is 1. The summed E-state index contributed by atoms with van der Waals surface area (Å²) >= 11 is 6.21. The van der Waals surface area contributed by atoms with Gasteiger partial charge in [-0.3, -0.25) is 14.4 Å². The van der Waals surface area contributed by atoms with Crippen molar-refractivity contribution in [2.75, 3.05) is 12.4 Å². The Kier molecular flexibility index (Phi) is 9.26. The summed E-state index contributed by atoms with van der Waals surface area (Å²) in [6.07, 6.45) is 8.84. The zero-order chi connectivity index (χ0) is 30.3. The van der Waals surface area contributed by atoms with Gasteiger partial charge in [-0.05, 0) is 58.7 Å². The molecule has 3 heterocycles. The van der Waals surface area contributed by atoms with Gasteiger partial charge in [-0.1, -0.05) is 43.5 Å². The highest BCUT2D eigenvalue weighted by Crippen LogP contribution is 2.31. The molecule has 1 aliphatic heterocycles. The highest BCUT2D eigenvalue weighted by molar-refractivity contribution is 6.30. The molecule has 2 aromatic carbocycles. The van der Waals surface area contributed by atoms with Crippen LogP contribution < -0.4 is 10.6 Å². The number of aromatic nitrogens is 6. The number of ether oxygens (including phenoxy) is 1. The van der Waals surface area contributed by atoms with Gasteiger partial charge in [-0.2, -0.15) is 4.68 Å². The number of methoxy groups -OCH3 is 1. The van der Waals surface area contributed by atoms with E-state index in [1.165, 1.54) is 24.2 Å². The number of amides is 2. The summed E-state index contributed by atoms with van der Waals surface area (Å²) in [6, 6.07) is 10.2. The van der Waals surface area contributed by atoms with E-state index in [4.69, 9.17) is 16.3 Å². The minimum Gasteiger partial charge on any atom is -0.469 e. The number of carbonyl (C=O) groups is 3. The smallest absolute Gasteiger partial charge is 0.309 e. The summed E-state index contributed by atoms with van der Waals surface area (Å²) in [6.45, 7) is 2.03. The van der Waals surface area contributed by atoms with Gasteiger partial charge in [-0.15, -0.1) is 5.10 Å². The second kappa shape index (κ2) is 13.4. The monoisotopic (exact) mass is 602 g/mol. The lowest BCUT2D eigenvalue weighted by Gasteiger charge is -2.17. The molecule has 0 spiro atoms. The first kappa shape index (κ1) is 29.6. The van der Waals surface area contributed by atoms with Crippen molar-refractivity contribution in [1.82, 2.24) is 35.5 Å². The summed E-state index contributed by atoms with van der Waals surface area (Å²) < 4.78 is 6.29. The van der Waals surface area contributed by atoms with Crippen LogP contribution in [0.2, 0.25) is 5.02 Å². The summed E-state index contributed by atoms with van der Waals surface area (Å²) in [4.78, 5) is 45.9. The number of hydrogen-bond donors (Lipinski definition) is 3. The van der Waals surface area contributed by atoms with Crippen molar-refractivity contribution in [1.29, 1.82) is 0 Å². The van der Waals surface area contributed by atoms with Crippen molar-refractivity contribution in [3.05, 3.63) is 77.0 Å². The molecule has 12 nitrogen and oxygen atoms in total. The first-order valence-electron chi connectivity index (χ1n) is 13.9. The van der Waals surface area contributed by atoms with Gasteiger partial charge in [0.1, 0.15) is 12.2 Å². The highest BCUT2D eigenvalue weighted by atomic mass is 35.5. The van der Waals surface area contributed by atoms with Crippen LogP contribution in [0, 0.1) is 5.92 Å². The number of nitrogens with one attached hydrogen (secondary N) is 3. The van der Waals surface area contributed by atoms with E-state index < -0.39 is 6.04 Å². The molecule has 0 saturated carbocycles. The lowest BCUT2D eigenvalue weighted by molar-refractivity contribution is -0.139. The van der Waals surface area contributed by atoms with Crippen molar-refractivity contribution in [2.45, 2.75) is 45.1 Å². The predicted octanol–water partition coefficient (Wildman–Crippen LogP) is 4.44. The molecule has 222 valence electrons. The van der Waals surface area contributed by atoms with Crippen LogP contribution in [-0.2, 0) is 25.5 Å². The molecule has 2 aromatic heterocycles. The van der Waals surface area contributed by atoms with E-state index in [2.05, 4.69) is 36.1 Å². The Morgan fingerprint density at radius 3 is 2.86 bits per heavy atom. The number of aromatic amines is 1. The van der Waals surface area contributed by atoms with Crippen LogP contribution in [-0.4, -0.2) is 55.1 Å². The van der Waals surface area contributed by atoms with E-state index in [0.29, 0.717) is 57.4 Å². The van der Waals surface area contributed by atoms with E-state index in [-0.39, 0.29) is 30.1 Å². The van der Waals surface area contributed by atoms with Crippen LogP contribution in [0.25, 0.3) is 23.0 Å². The van der Waals surface area contributed by atoms with Gasteiger partial charge in [0.2, 0.25) is 11.8 Å². The van der Waals surface area contributed by atoms with E-state index in [1.807, 2.05) is 19.1 Å². The minimum absolute atomic E-state index is 0.0817. The first-order chi connectivity index (χ1) is 20.8. The zero-order valence-electron chi connectivity index (χ0n) is 23.7. The van der Waals surface area contributed by atoms with Gasteiger partial charge in [0.25, 0.3) is 0 Å². The summed E-state index contributed by atoms with van der Waals surface area (Å²) in [5, 5.41) is 17.9. The quantitative estimate of drug-likeness (QED) is 0.216. The number of rotatable bonds is 6. The summed E-state index contributed by atoms with van der Waals surface area (Å²) in [7, 11) is 1.34. The molecule has 2 atom stereocenters. The van der Waals surface area contributed by atoms with Crippen LogP contribution >= 0.6 is 11.6 Å². The molecule has 0 saturated heterocycles. The zero-order valence-corrected chi connectivity index (χ0v) is 24.5. The van der Waals surface area contributed by atoms with Gasteiger partial charge in [0, 0.05) is 28.6 Å². The number of carbonyl (C=O) groups excluding carboxylic acids is 3. The molecule has 13 heteroatoms. The van der Waals surface area contributed by atoms with Crippen LogP contribution in [0.15, 0.2) is 55.0 Å². The molecular formula is C30H31ClN8O4. The topological polar surface area (TPSA) is 157 Å². The largest absolute Gasteiger partial charge is 0.469 e. The number of tetrazole rings is 1. The molecule has 4 aromatic rings. The maximum absolute atomic E-state index is 13.2. The molecule has 0 radical (unpaired) electrons. The number of anilines is 1. The van der Waals surface area contributed by atoms with Crippen LogP contribution in [0.3, 0.4) is 0 Å². The fraction of sp³-hybridized carbons (Fsp3) is 0.300. The Balaban J connectivity index is 1.41. The summed E-state index contributed by atoms with van der Waals surface area (Å²) in [5.41, 5.74) is 4.00. The Morgan fingerprint density at radius 2 is 2.07 bits per heavy atom. The highest BCUT2D eigenvalue weighted by Gasteiger charge is 2.21. The molecule has 43 heavy (non-hydrogen) atoms. The lowest BCUT2D eigenvalue weighted by Crippen LogP contribution is -2.28. The Labute approximate surface area is 252 Å². The first-order valence-corrected chi connectivity index (χ1v) is 14.2. The lowest BCUT2D eigenvalue weighted by atomic mass is 9.97. The average Bonchev–Trinajstić information content (AvgIpc) is 3.68. The van der Waals surface area contributed by atoms with Gasteiger partial charge in [0.15, 0.2) is 0 Å². The molecule has 3 N–H and O–H groups in total. The minimum atomic E-state index is -0.400. The third kappa shape index (κ3) is 7.52. The van der Waals surface area contributed by atoms with Crippen molar-refractivity contribution < 1.29 is 19.1 Å². The molecule has 2 bridgehead atoms. The molecule has 1 unspecified atom stereocenters. The molecule has 0 aliphatic carbocycles. The van der Waals surface area contributed by atoms with E-state index in [9.17, 15) is 14.4 Å². The van der Waals surface area contributed by atoms with Crippen molar-refractivity contribution in [3.8, 4) is 16.9 Å². The number of hydrogen-bond acceptors (Lipinski definition) is 8. The fourth-order valence-corrected chi connectivity index (χ4v) is 5.20. The summed E-state index contributed by atoms with van der Waals surface area (Å²) in [5.74, 6) is -0.0788. The number of H-pyrrole nitrogens is 1. The normalized spacial score (nSPS) is 17.2. The maximum Gasteiger partial charge on any atom is 0.309 e. The third-order valence-corrected chi connectivity index (χ3v) is 7.42. The van der Waals surface area contributed by atoms with Gasteiger partial charge in [0.05, 0.1) is 42.8 Å². The standard InChI is InChI=1S/C30H31ClN8O4/c1-18-4-3-5-23(34-27(40)11-7-20-15-21(31)8-10-26(20)39-17-33-37-38-39)30-32-16-25(36-30)22-9-6-19(14-29(42)43-2)13-24(22)35-28(41)12-18/h6-11,13,15-18,23H,3-5,12,14H2,1-2H3,(H,32,36)(H,34,40)(H,35,41)/b11-7+/t18?,23-/m0/s1. The van der Waals surface area contributed by atoms with E-state index in [1.54, 1.807) is 36.5 Å². The fourth-order valence-electron chi connectivity index (χ4n) is 5.02. The molecule has 2 amide bonds. The van der Waals surface area contributed by atoms with Crippen LogP contribution in [0.5, 0.6) is 0 Å². The van der Waals surface area contributed by atoms with Crippen molar-refractivity contribution >= 4 is 41.1 Å². The van der Waals surface area contributed by atoms with Gasteiger partial charge < -0.3 is 20.4 Å². The number of nitrogens with zero attached hydrogens (tertiary/aromatic N) is 5. The SMILES string of the molecule is COC(=O)Cc1ccc2c(c1)NC(=O)CC(C)CCC[C@H](NC(=O)/C=C/c1cc(Cl)ccc1-n1cnnn1)c1ncc-2[nH]1. The van der Waals surface area contributed by atoms with Crippen LogP contribution in [0.4, 0.5) is 5.69 Å². The van der Waals surface area contributed by atoms with Gasteiger partial charge >= 0.3 is 5.97 Å². The molecule has 5 rings (SSSR count). The third-order valence-electron chi connectivity index (χ3n) is 7.19. The molecule has 0 fully saturated rings. The maximum atomic E-state index is 13.2. The second-order valence-electron chi connectivity index (χ2n) is 10.5. The van der Waals surface area contributed by atoms with Crippen LogP contribution in [0.1, 0.15) is 55.6 Å². The average molecular weight is 603 g/mol. The van der Waals surface area contributed by atoms with E-state index >= 15 is 0 Å². The molecular weight excluding hydrogens is 572 g/mol.